The lowest BCUT2D eigenvalue weighted by Gasteiger charge is -2.37. The van der Waals surface area contributed by atoms with Crippen LogP contribution in [0, 0.1) is 0 Å². The van der Waals surface area contributed by atoms with Gasteiger partial charge in [-0.2, -0.15) is 0 Å². The lowest BCUT2D eigenvalue weighted by atomic mass is 9.87. The van der Waals surface area contributed by atoms with E-state index in [9.17, 15) is 14.4 Å². The number of rotatable bonds is 2. The van der Waals surface area contributed by atoms with Gasteiger partial charge >= 0.3 is 6.03 Å². The number of hydrogen-bond donors (Lipinski definition) is 2. The van der Waals surface area contributed by atoms with E-state index < -0.39 is 11.6 Å². The number of hydrogen-bond acceptors (Lipinski definition) is 5. The van der Waals surface area contributed by atoms with Crippen molar-refractivity contribution in [3.63, 3.8) is 0 Å². The number of piperidine rings is 1. The molecule has 0 aliphatic carbocycles. The molecule has 3 aromatic rings. The first-order valence-electron chi connectivity index (χ1n) is 9.54. The maximum Gasteiger partial charge on any atom is 0.322 e. The van der Waals surface area contributed by atoms with E-state index in [0.29, 0.717) is 41.5 Å². The van der Waals surface area contributed by atoms with Gasteiger partial charge in [-0.15, -0.1) is 11.3 Å². The number of nitrogens with one attached hydrogen (secondary N) is 2. The molecule has 7 nitrogen and oxygen atoms in total. The summed E-state index contributed by atoms with van der Waals surface area (Å²) in [5, 5.41) is 5.80. The number of likely N-dealkylation sites (tertiary alicyclic amines) is 1. The Balaban J connectivity index is 1.48. The SMILES string of the molecule is O=C1NC(=O)C2(CCN(C(=O)c3cc(-c4ccc(Cl)s4)nc4ccccc34)CC2)N1. The van der Waals surface area contributed by atoms with Crippen molar-refractivity contribution in [3.05, 3.63) is 52.4 Å². The summed E-state index contributed by atoms with van der Waals surface area (Å²) in [5.41, 5.74) is 1.09. The maximum atomic E-state index is 13.4. The fourth-order valence-electron chi connectivity index (χ4n) is 4.07. The van der Waals surface area contributed by atoms with E-state index in [2.05, 4.69) is 10.6 Å². The molecule has 2 fully saturated rings. The van der Waals surface area contributed by atoms with E-state index in [1.807, 2.05) is 36.4 Å². The Labute approximate surface area is 181 Å². The third-order valence-electron chi connectivity index (χ3n) is 5.69. The summed E-state index contributed by atoms with van der Waals surface area (Å²) >= 11 is 7.50. The number of benzene rings is 1. The highest BCUT2D eigenvalue weighted by molar-refractivity contribution is 7.19. The fourth-order valence-corrected chi connectivity index (χ4v) is 5.08. The molecule has 4 amide bonds. The van der Waals surface area contributed by atoms with Crippen LogP contribution < -0.4 is 10.6 Å². The summed E-state index contributed by atoms with van der Waals surface area (Å²) in [4.78, 5) is 44.5. The highest BCUT2D eigenvalue weighted by Crippen LogP contribution is 2.33. The smallest absolute Gasteiger partial charge is 0.322 e. The number of carbonyl (C=O) groups excluding carboxylic acids is 3. The molecule has 0 atom stereocenters. The minimum absolute atomic E-state index is 0.114. The van der Waals surface area contributed by atoms with Gasteiger partial charge < -0.3 is 10.2 Å². The molecular formula is C21H17ClN4O3S. The number of fused-ring (bicyclic) bond motifs is 1. The van der Waals surface area contributed by atoms with Crippen LogP contribution in [0.3, 0.4) is 0 Å². The van der Waals surface area contributed by atoms with Crippen molar-refractivity contribution in [3.8, 4) is 10.6 Å². The minimum Gasteiger partial charge on any atom is -0.338 e. The molecule has 0 radical (unpaired) electrons. The van der Waals surface area contributed by atoms with Gasteiger partial charge in [0, 0.05) is 18.5 Å². The van der Waals surface area contributed by atoms with Crippen LogP contribution in [-0.2, 0) is 4.79 Å². The van der Waals surface area contributed by atoms with Crippen LogP contribution >= 0.6 is 22.9 Å². The molecule has 5 rings (SSSR count). The van der Waals surface area contributed by atoms with Crippen LogP contribution in [0.25, 0.3) is 21.5 Å². The van der Waals surface area contributed by atoms with E-state index in [1.54, 1.807) is 11.0 Å². The van der Waals surface area contributed by atoms with Gasteiger partial charge in [0.05, 0.1) is 26.0 Å². The first kappa shape index (κ1) is 19.0. The van der Waals surface area contributed by atoms with Crippen molar-refractivity contribution in [2.24, 2.45) is 0 Å². The van der Waals surface area contributed by atoms with Gasteiger partial charge in [-0.05, 0) is 37.1 Å². The number of aromatic nitrogens is 1. The Morgan fingerprint density at radius 1 is 1.13 bits per heavy atom. The first-order chi connectivity index (χ1) is 14.4. The van der Waals surface area contributed by atoms with E-state index >= 15 is 0 Å². The lowest BCUT2D eigenvalue weighted by molar-refractivity contribution is -0.125. The van der Waals surface area contributed by atoms with Gasteiger partial charge in [0.2, 0.25) is 0 Å². The largest absolute Gasteiger partial charge is 0.338 e. The Kier molecular flexibility index (Phi) is 4.48. The zero-order valence-electron chi connectivity index (χ0n) is 15.8. The summed E-state index contributed by atoms with van der Waals surface area (Å²) in [6.45, 7) is 0.757. The molecule has 0 unspecified atom stereocenters. The van der Waals surface area contributed by atoms with Crippen molar-refractivity contribution in [2.45, 2.75) is 18.4 Å². The number of amides is 4. The average molecular weight is 441 g/mol. The summed E-state index contributed by atoms with van der Waals surface area (Å²) in [6, 6.07) is 12.6. The van der Waals surface area contributed by atoms with Crippen LogP contribution in [0.2, 0.25) is 4.34 Å². The molecule has 9 heteroatoms. The molecule has 2 N–H and O–H groups in total. The van der Waals surface area contributed by atoms with Crippen LogP contribution in [0.1, 0.15) is 23.2 Å². The molecule has 2 aliphatic rings. The normalized spacial score (nSPS) is 18.0. The zero-order valence-corrected chi connectivity index (χ0v) is 17.3. The molecular weight excluding hydrogens is 424 g/mol. The van der Waals surface area contributed by atoms with Crippen molar-refractivity contribution in [1.29, 1.82) is 0 Å². The molecule has 30 heavy (non-hydrogen) atoms. The van der Waals surface area contributed by atoms with Crippen molar-refractivity contribution in [2.75, 3.05) is 13.1 Å². The number of para-hydroxylation sites is 1. The molecule has 152 valence electrons. The van der Waals surface area contributed by atoms with Crippen LogP contribution in [0.4, 0.5) is 4.79 Å². The number of pyridine rings is 1. The van der Waals surface area contributed by atoms with E-state index in [0.717, 1.165) is 15.8 Å². The third-order valence-corrected chi connectivity index (χ3v) is 6.94. The predicted octanol–water partition coefficient (Wildman–Crippen LogP) is 3.43. The molecule has 0 saturated carbocycles. The van der Waals surface area contributed by atoms with E-state index in [-0.39, 0.29) is 11.8 Å². The summed E-state index contributed by atoms with van der Waals surface area (Å²) in [5.74, 6) is -0.428. The number of halogens is 1. The van der Waals surface area contributed by atoms with Crippen LogP contribution in [-0.4, -0.2) is 46.4 Å². The van der Waals surface area contributed by atoms with Gasteiger partial charge in [0.15, 0.2) is 0 Å². The second-order valence-electron chi connectivity index (χ2n) is 7.46. The summed E-state index contributed by atoms with van der Waals surface area (Å²) in [6.07, 6.45) is 0.763. The van der Waals surface area contributed by atoms with Gasteiger partial charge in [-0.25, -0.2) is 9.78 Å². The number of urea groups is 1. The second-order valence-corrected chi connectivity index (χ2v) is 9.17. The average Bonchev–Trinajstić information content (AvgIpc) is 3.30. The first-order valence-corrected chi connectivity index (χ1v) is 10.7. The highest BCUT2D eigenvalue weighted by atomic mass is 35.5. The molecule has 0 bridgehead atoms. The number of carbonyl (C=O) groups is 3. The van der Waals surface area contributed by atoms with Gasteiger partial charge in [0.1, 0.15) is 5.54 Å². The van der Waals surface area contributed by atoms with Crippen LogP contribution in [0.15, 0.2) is 42.5 Å². The monoisotopic (exact) mass is 440 g/mol. The summed E-state index contributed by atoms with van der Waals surface area (Å²) < 4.78 is 0.658. The topological polar surface area (TPSA) is 91.4 Å². The number of thiophene rings is 1. The number of nitrogens with zero attached hydrogens (tertiary/aromatic N) is 2. The van der Waals surface area contributed by atoms with Gasteiger partial charge in [-0.3, -0.25) is 14.9 Å². The summed E-state index contributed by atoms with van der Waals surface area (Å²) in [7, 11) is 0. The molecule has 1 aromatic carbocycles. The van der Waals surface area contributed by atoms with E-state index in [4.69, 9.17) is 16.6 Å². The Hall–Kier alpha value is -2.97. The lowest BCUT2D eigenvalue weighted by Crippen LogP contribution is -2.55. The van der Waals surface area contributed by atoms with Crippen molar-refractivity contribution < 1.29 is 14.4 Å². The Bertz CT molecular complexity index is 1200. The van der Waals surface area contributed by atoms with Gasteiger partial charge in [-0.1, -0.05) is 29.8 Å². The van der Waals surface area contributed by atoms with Crippen molar-refractivity contribution >= 4 is 51.7 Å². The zero-order chi connectivity index (χ0) is 20.9. The molecule has 2 aliphatic heterocycles. The van der Waals surface area contributed by atoms with Crippen LogP contribution in [0.5, 0.6) is 0 Å². The Morgan fingerprint density at radius 3 is 2.57 bits per heavy atom. The minimum atomic E-state index is -0.910. The van der Waals surface area contributed by atoms with Gasteiger partial charge in [0.25, 0.3) is 11.8 Å². The molecule has 1 spiro atoms. The molecule has 2 aromatic heterocycles. The molecule has 2 saturated heterocycles. The van der Waals surface area contributed by atoms with Crippen molar-refractivity contribution in [1.82, 2.24) is 20.5 Å². The predicted molar refractivity (Wildman–Crippen MR) is 115 cm³/mol. The maximum absolute atomic E-state index is 13.4. The molecule has 4 heterocycles. The Morgan fingerprint density at radius 2 is 1.90 bits per heavy atom. The standard InChI is InChI=1S/C21H17ClN4O3S/c22-17-6-5-16(30-17)15-11-13(12-3-1-2-4-14(12)23-15)18(27)26-9-7-21(8-10-26)19(28)24-20(29)25-21/h1-6,11H,7-10H2,(H2,24,25,28,29). The highest BCUT2D eigenvalue weighted by Gasteiger charge is 2.48. The quantitative estimate of drug-likeness (QED) is 0.597. The number of imide groups is 1. The second kappa shape index (κ2) is 7.07. The third kappa shape index (κ3) is 3.12. The fraction of sp³-hybridized carbons (Fsp3) is 0.238. The van der Waals surface area contributed by atoms with E-state index in [1.165, 1.54) is 11.3 Å².